The van der Waals surface area contributed by atoms with Gasteiger partial charge in [-0.15, -0.1) is 0 Å². The molecule has 0 saturated carbocycles. The summed E-state index contributed by atoms with van der Waals surface area (Å²) in [6.45, 7) is 5.30. The Morgan fingerprint density at radius 1 is 0.971 bits per heavy atom. The summed E-state index contributed by atoms with van der Waals surface area (Å²) >= 11 is 0. The SMILES string of the molecule is CC(=O)Nc1ccc(S(=O)(=O)N2CCC(C(=O)N(C)C[C@@H]3CCCN4CCCC[C@H]34)CC2)cc1. The lowest BCUT2D eigenvalue weighted by Crippen LogP contribution is -2.52. The molecule has 34 heavy (non-hydrogen) atoms. The highest BCUT2D eigenvalue weighted by molar-refractivity contribution is 7.89. The molecule has 0 radical (unpaired) electrons. The fourth-order valence-electron chi connectivity index (χ4n) is 5.95. The first-order valence-corrected chi connectivity index (χ1v) is 14.1. The Balaban J connectivity index is 1.31. The van der Waals surface area contributed by atoms with Crippen molar-refractivity contribution in [1.29, 1.82) is 0 Å². The van der Waals surface area contributed by atoms with Crippen LogP contribution in [0.2, 0.25) is 0 Å². The minimum absolute atomic E-state index is 0.121. The Hall–Kier alpha value is -1.97. The van der Waals surface area contributed by atoms with Gasteiger partial charge in [-0.25, -0.2) is 8.42 Å². The van der Waals surface area contributed by atoms with E-state index < -0.39 is 10.0 Å². The Morgan fingerprint density at radius 3 is 2.32 bits per heavy atom. The third-order valence-corrected chi connectivity index (χ3v) is 9.64. The lowest BCUT2D eigenvalue weighted by atomic mass is 9.83. The quantitative estimate of drug-likeness (QED) is 0.662. The molecule has 8 nitrogen and oxygen atoms in total. The molecule has 1 aromatic rings. The van der Waals surface area contributed by atoms with E-state index in [0.29, 0.717) is 43.6 Å². The van der Waals surface area contributed by atoms with Crippen LogP contribution in [0.5, 0.6) is 0 Å². The number of anilines is 1. The molecular weight excluding hydrogens is 452 g/mol. The first kappa shape index (κ1) is 25.1. The molecule has 3 aliphatic rings. The standard InChI is InChI=1S/C25H38N4O4S/c1-19(30)26-22-8-10-23(11-9-22)34(32,33)29-16-12-20(13-17-29)25(31)27(2)18-21-6-5-15-28-14-4-3-7-24(21)28/h8-11,20-21,24H,3-7,12-18H2,1-2H3,(H,26,30)/t21-,24+/m0/s1. The highest BCUT2D eigenvalue weighted by atomic mass is 32.2. The van der Waals surface area contributed by atoms with E-state index in [9.17, 15) is 18.0 Å². The van der Waals surface area contributed by atoms with Crippen LogP contribution < -0.4 is 5.32 Å². The smallest absolute Gasteiger partial charge is 0.243 e. The number of hydrogen-bond acceptors (Lipinski definition) is 5. The molecule has 3 fully saturated rings. The van der Waals surface area contributed by atoms with Gasteiger partial charge in [0.25, 0.3) is 0 Å². The molecule has 2 amide bonds. The highest BCUT2D eigenvalue weighted by Gasteiger charge is 2.36. The van der Waals surface area contributed by atoms with E-state index in [2.05, 4.69) is 10.2 Å². The first-order chi connectivity index (χ1) is 16.3. The monoisotopic (exact) mass is 490 g/mol. The molecule has 4 rings (SSSR count). The number of rotatable bonds is 6. The second-order valence-electron chi connectivity index (χ2n) is 10.1. The molecule has 0 unspecified atom stereocenters. The van der Waals surface area contributed by atoms with Gasteiger partial charge in [0.1, 0.15) is 0 Å². The molecule has 2 atom stereocenters. The minimum atomic E-state index is -3.62. The normalized spacial score (nSPS) is 24.9. The van der Waals surface area contributed by atoms with E-state index in [4.69, 9.17) is 0 Å². The van der Waals surface area contributed by atoms with Gasteiger partial charge in [0.2, 0.25) is 21.8 Å². The maximum Gasteiger partial charge on any atom is 0.243 e. The largest absolute Gasteiger partial charge is 0.345 e. The van der Waals surface area contributed by atoms with Gasteiger partial charge < -0.3 is 15.1 Å². The molecule has 1 N–H and O–H groups in total. The summed E-state index contributed by atoms with van der Waals surface area (Å²) in [7, 11) is -1.70. The van der Waals surface area contributed by atoms with Gasteiger partial charge in [0.15, 0.2) is 0 Å². The van der Waals surface area contributed by atoms with Crippen LogP contribution in [0.15, 0.2) is 29.2 Å². The number of hydrogen-bond donors (Lipinski definition) is 1. The summed E-state index contributed by atoms with van der Waals surface area (Å²) in [4.78, 5) is 29.1. The average Bonchev–Trinajstić information content (AvgIpc) is 2.84. The van der Waals surface area contributed by atoms with Gasteiger partial charge in [-0.05, 0) is 81.8 Å². The van der Waals surface area contributed by atoms with Gasteiger partial charge in [0.05, 0.1) is 4.90 Å². The second kappa shape index (κ2) is 10.7. The van der Waals surface area contributed by atoms with Gasteiger partial charge >= 0.3 is 0 Å². The topological polar surface area (TPSA) is 90.0 Å². The number of fused-ring (bicyclic) bond motifs is 1. The molecule has 0 spiro atoms. The maximum atomic E-state index is 13.2. The number of amides is 2. The second-order valence-corrected chi connectivity index (χ2v) is 12.0. The van der Waals surface area contributed by atoms with E-state index in [1.54, 1.807) is 12.1 Å². The van der Waals surface area contributed by atoms with E-state index in [1.165, 1.54) is 68.6 Å². The van der Waals surface area contributed by atoms with E-state index in [1.807, 2.05) is 11.9 Å². The molecule has 1 aromatic carbocycles. The van der Waals surface area contributed by atoms with Crippen molar-refractivity contribution in [2.45, 2.75) is 62.8 Å². The molecule has 3 heterocycles. The van der Waals surface area contributed by atoms with Gasteiger partial charge in [-0.1, -0.05) is 6.42 Å². The van der Waals surface area contributed by atoms with Crippen molar-refractivity contribution in [2.24, 2.45) is 11.8 Å². The van der Waals surface area contributed by atoms with Gasteiger partial charge in [-0.3, -0.25) is 9.59 Å². The summed E-state index contributed by atoms with van der Waals surface area (Å²) < 4.78 is 27.6. The fraction of sp³-hybridized carbons (Fsp3) is 0.680. The summed E-state index contributed by atoms with van der Waals surface area (Å²) in [6, 6.07) is 6.84. The van der Waals surface area contributed by atoms with Crippen LogP contribution >= 0.6 is 0 Å². The van der Waals surface area contributed by atoms with E-state index in [-0.39, 0.29) is 22.6 Å². The average molecular weight is 491 g/mol. The highest BCUT2D eigenvalue weighted by Crippen LogP contribution is 2.32. The molecule has 0 bridgehead atoms. The van der Waals surface area contributed by atoms with Crippen molar-refractivity contribution in [3.63, 3.8) is 0 Å². The van der Waals surface area contributed by atoms with Crippen molar-refractivity contribution in [2.75, 3.05) is 45.1 Å². The molecular formula is C25H38N4O4S. The third kappa shape index (κ3) is 5.63. The van der Waals surface area contributed by atoms with Crippen molar-refractivity contribution in [3.05, 3.63) is 24.3 Å². The number of nitrogens with zero attached hydrogens (tertiary/aromatic N) is 3. The van der Waals surface area contributed by atoms with Crippen LogP contribution in [0.1, 0.15) is 51.9 Å². The van der Waals surface area contributed by atoms with Gasteiger partial charge in [0, 0.05) is 51.3 Å². The number of carbonyl (C=O) groups excluding carboxylic acids is 2. The zero-order valence-electron chi connectivity index (χ0n) is 20.4. The first-order valence-electron chi connectivity index (χ1n) is 12.6. The molecule has 0 aromatic heterocycles. The number of carbonyl (C=O) groups is 2. The number of piperidine rings is 3. The molecule has 0 aliphatic carbocycles. The summed E-state index contributed by atoms with van der Waals surface area (Å²) in [5, 5.41) is 2.64. The van der Waals surface area contributed by atoms with Crippen LogP contribution in [0, 0.1) is 11.8 Å². The molecule has 3 aliphatic heterocycles. The summed E-state index contributed by atoms with van der Waals surface area (Å²) in [5.74, 6) is 0.380. The van der Waals surface area contributed by atoms with Crippen LogP contribution in [0.4, 0.5) is 5.69 Å². The van der Waals surface area contributed by atoms with Crippen molar-refractivity contribution >= 4 is 27.5 Å². The zero-order chi connectivity index (χ0) is 24.3. The molecule has 9 heteroatoms. The number of nitrogens with one attached hydrogen (secondary N) is 1. The number of sulfonamides is 1. The van der Waals surface area contributed by atoms with Crippen LogP contribution in [0.3, 0.4) is 0 Å². The zero-order valence-corrected chi connectivity index (χ0v) is 21.2. The van der Waals surface area contributed by atoms with Crippen LogP contribution in [-0.4, -0.2) is 80.2 Å². The van der Waals surface area contributed by atoms with Gasteiger partial charge in [-0.2, -0.15) is 4.31 Å². The van der Waals surface area contributed by atoms with Crippen molar-refractivity contribution < 1.29 is 18.0 Å². The van der Waals surface area contributed by atoms with E-state index >= 15 is 0 Å². The Labute approximate surface area is 203 Å². The predicted molar refractivity (Wildman–Crippen MR) is 132 cm³/mol. The van der Waals surface area contributed by atoms with Crippen LogP contribution in [0.25, 0.3) is 0 Å². The van der Waals surface area contributed by atoms with E-state index in [0.717, 1.165) is 6.54 Å². The number of benzene rings is 1. The summed E-state index contributed by atoms with van der Waals surface area (Å²) in [5.41, 5.74) is 0.563. The Kier molecular flexibility index (Phi) is 7.94. The van der Waals surface area contributed by atoms with Crippen LogP contribution in [-0.2, 0) is 19.6 Å². The fourth-order valence-corrected chi connectivity index (χ4v) is 7.42. The molecule has 3 saturated heterocycles. The van der Waals surface area contributed by atoms with Crippen molar-refractivity contribution in [3.8, 4) is 0 Å². The third-order valence-electron chi connectivity index (χ3n) is 7.73. The lowest BCUT2D eigenvalue weighted by molar-refractivity contribution is -0.136. The Bertz CT molecular complexity index is 971. The predicted octanol–water partition coefficient (Wildman–Crippen LogP) is 2.77. The molecule has 188 valence electrons. The lowest BCUT2D eigenvalue weighted by Gasteiger charge is -2.45. The summed E-state index contributed by atoms with van der Waals surface area (Å²) in [6.07, 6.45) is 7.33. The minimum Gasteiger partial charge on any atom is -0.345 e. The van der Waals surface area contributed by atoms with Crippen molar-refractivity contribution in [1.82, 2.24) is 14.1 Å². The maximum absolute atomic E-state index is 13.2. The Morgan fingerprint density at radius 2 is 1.65 bits per heavy atom.